The molecule has 2 aromatic rings. The quantitative estimate of drug-likeness (QED) is 0.882. The molecule has 0 radical (unpaired) electrons. The number of amides is 1. The van der Waals surface area contributed by atoms with Crippen molar-refractivity contribution in [2.75, 3.05) is 5.32 Å². The molecule has 0 bridgehead atoms. The number of carbonyl (C=O) groups excluding carboxylic acids is 1. The molecule has 17 heavy (non-hydrogen) atoms. The summed E-state index contributed by atoms with van der Waals surface area (Å²) in [5.41, 5.74) is 1.09. The third-order valence-corrected chi connectivity index (χ3v) is 3.31. The van der Waals surface area contributed by atoms with Crippen molar-refractivity contribution >= 4 is 45.6 Å². The molecule has 0 saturated heterocycles. The van der Waals surface area contributed by atoms with E-state index in [1.165, 1.54) is 23.7 Å². The molecule has 4 nitrogen and oxygen atoms in total. The lowest BCUT2D eigenvalue weighted by Crippen LogP contribution is -2.12. The number of nitrogens with one attached hydrogen (secondary N) is 1. The highest BCUT2D eigenvalue weighted by atomic mass is 35.5. The summed E-state index contributed by atoms with van der Waals surface area (Å²) in [5.74, 6) is 0.00965. The molecule has 0 aliphatic rings. The van der Waals surface area contributed by atoms with Gasteiger partial charge in [-0.25, -0.2) is 4.98 Å². The second kappa shape index (κ2) is 5.44. The van der Waals surface area contributed by atoms with Gasteiger partial charge in [-0.1, -0.05) is 11.6 Å². The highest BCUT2D eigenvalue weighted by Crippen LogP contribution is 2.19. The number of aromatic nitrogens is 2. The van der Waals surface area contributed by atoms with E-state index in [1.807, 2.05) is 0 Å². The standard InChI is InChI=1S/C10H7Cl2N3OS/c11-3-6-5-17-10(14-6)15-9(16)7-1-2-13-4-8(7)12/h1-2,4-5H,3H2,(H,14,15,16). The van der Waals surface area contributed by atoms with Crippen molar-refractivity contribution in [1.29, 1.82) is 0 Å². The minimum atomic E-state index is -0.312. The molecule has 0 aliphatic carbocycles. The fourth-order valence-corrected chi connectivity index (χ4v) is 2.29. The number of hydrogen-bond acceptors (Lipinski definition) is 4. The highest BCUT2D eigenvalue weighted by molar-refractivity contribution is 7.14. The molecule has 88 valence electrons. The molecule has 0 spiro atoms. The molecule has 7 heteroatoms. The van der Waals surface area contributed by atoms with E-state index in [0.717, 1.165) is 5.69 Å². The zero-order valence-electron chi connectivity index (χ0n) is 8.48. The zero-order chi connectivity index (χ0) is 12.3. The van der Waals surface area contributed by atoms with Crippen LogP contribution >= 0.6 is 34.5 Å². The molecular weight excluding hydrogens is 281 g/mol. The molecule has 1 N–H and O–H groups in total. The largest absolute Gasteiger partial charge is 0.298 e. The van der Waals surface area contributed by atoms with E-state index >= 15 is 0 Å². The Bertz CT molecular complexity index is 544. The number of pyridine rings is 1. The van der Waals surface area contributed by atoms with E-state index in [0.29, 0.717) is 21.6 Å². The van der Waals surface area contributed by atoms with Gasteiger partial charge in [-0.2, -0.15) is 0 Å². The van der Waals surface area contributed by atoms with Gasteiger partial charge in [0, 0.05) is 17.8 Å². The summed E-state index contributed by atoms with van der Waals surface area (Å²) in [6, 6.07) is 1.55. The topological polar surface area (TPSA) is 54.9 Å². The van der Waals surface area contributed by atoms with Crippen LogP contribution in [0.2, 0.25) is 5.02 Å². The molecule has 0 saturated carbocycles. The maximum Gasteiger partial charge on any atom is 0.259 e. The zero-order valence-corrected chi connectivity index (χ0v) is 10.8. The summed E-state index contributed by atoms with van der Waals surface area (Å²) >= 11 is 12.8. The lowest BCUT2D eigenvalue weighted by molar-refractivity contribution is 0.102. The Balaban J connectivity index is 2.14. The summed E-state index contributed by atoms with van der Waals surface area (Å²) in [4.78, 5) is 19.8. The monoisotopic (exact) mass is 287 g/mol. The minimum Gasteiger partial charge on any atom is -0.298 e. The van der Waals surface area contributed by atoms with Crippen LogP contribution in [0.25, 0.3) is 0 Å². The first kappa shape index (κ1) is 12.3. The van der Waals surface area contributed by atoms with Gasteiger partial charge < -0.3 is 0 Å². The predicted octanol–water partition coefficient (Wildman–Crippen LogP) is 3.18. The van der Waals surface area contributed by atoms with Crippen molar-refractivity contribution in [3.63, 3.8) is 0 Å². The van der Waals surface area contributed by atoms with Crippen LogP contribution < -0.4 is 5.32 Å². The third-order valence-electron chi connectivity index (χ3n) is 1.93. The van der Waals surface area contributed by atoms with E-state index in [-0.39, 0.29) is 5.91 Å². The number of nitrogens with zero attached hydrogens (tertiary/aromatic N) is 2. The van der Waals surface area contributed by atoms with E-state index in [1.54, 1.807) is 11.4 Å². The van der Waals surface area contributed by atoms with Crippen LogP contribution in [-0.2, 0) is 5.88 Å². The second-order valence-corrected chi connectivity index (χ2v) is 4.62. The average Bonchev–Trinajstić information content (AvgIpc) is 2.77. The number of hydrogen-bond donors (Lipinski definition) is 1. The van der Waals surface area contributed by atoms with Crippen LogP contribution in [0.4, 0.5) is 5.13 Å². The van der Waals surface area contributed by atoms with Gasteiger partial charge >= 0.3 is 0 Å². The molecule has 0 aromatic carbocycles. The number of alkyl halides is 1. The second-order valence-electron chi connectivity index (χ2n) is 3.09. The molecule has 1 amide bonds. The van der Waals surface area contributed by atoms with Crippen molar-refractivity contribution in [1.82, 2.24) is 9.97 Å². The first-order valence-corrected chi connectivity index (χ1v) is 6.41. The normalized spacial score (nSPS) is 10.2. The van der Waals surface area contributed by atoms with Gasteiger partial charge in [0.25, 0.3) is 5.91 Å². The first-order chi connectivity index (χ1) is 8.20. The van der Waals surface area contributed by atoms with E-state index in [4.69, 9.17) is 23.2 Å². The Morgan fingerprint density at radius 1 is 1.53 bits per heavy atom. The molecule has 2 aromatic heterocycles. The Kier molecular flexibility index (Phi) is 3.93. The Morgan fingerprint density at radius 2 is 2.35 bits per heavy atom. The number of rotatable bonds is 3. The van der Waals surface area contributed by atoms with Crippen LogP contribution in [0, 0.1) is 0 Å². The summed E-state index contributed by atoms with van der Waals surface area (Å²) < 4.78 is 0. The van der Waals surface area contributed by atoms with Gasteiger partial charge in [-0.05, 0) is 6.07 Å². The average molecular weight is 288 g/mol. The van der Waals surface area contributed by atoms with E-state index in [9.17, 15) is 4.79 Å². The van der Waals surface area contributed by atoms with Gasteiger partial charge in [0.1, 0.15) is 0 Å². The highest BCUT2D eigenvalue weighted by Gasteiger charge is 2.11. The fraction of sp³-hybridized carbons (Fsp3) is 0.100. The summed E-state index contributed by atoms with van der Waals surface area (Å²) in [5, 5.41) is 5.24. The maximum atomic E-state index is 11.8. The minimum absolute atomic E-state index is 0.305. The maximum absolute atomic E-state index is 11.8. The molecular formula is C10H7Cl2N3OS. The molecule has 0 fully saturated rings. The fourth-order valence-electron chi connectivity index (χ4n) is 1.15. The molecule has 0 atom stereocenters. The third kappa shape index (κ3) is 2.94. The SMILES string of the molecule is O=C(Nc1nc(CCl)cs1)c1ccncc1Cl. The Hall–Kier alpha value is -1.17. The molecule has 2 rings (SSSR count). The van der Waals surface area contributed by atoms with Crippen molar-refractivity contribution < 1.29 is 4.79 Å². The molecule has 0 aliphatic heterocycles. The van der Waals surface area contributed by atoms with Crippen molar-refractivity contribution in [3.8, 4) is 0 Å². The lowest BCUT2D eigenvalue weighted by Gasteiger charge is -2.02. The number of anilines is 1. The smallest absolute Gasteiger partial charge is 0.259 e. The van der Waals surface area contributed by atoms with E-state index < -0.39 is 0 Å². The van der Waals surface area contributed by atoms with Crippen LogP contribution in [-0.4, -0.2) is 15.9 Å². The number of thiazole rings is 1. The number of halogens is 2. The Morgan fingerprint density at radius 3 is 3.00 bits per heavy atom. The van der Waals surface area contributed by atoms with Gasteiger partial charge in [0.2, 0.25) is 0 Å². The van der Waals surface area contributed by atoms with Gasteiger partial charge in [-0.15, -0.1) is 22.9 Å². The van der Waals surface area contributed by atoms with Gasteiger partial charge in [0.05, 0.1) is 22.2 Å². The van der Waals surface area contributed by atoms with Crippen LogP contribution in [0.15, 0.2) is 23.8 Å². The summed E-state index contributed by atoms with van der Waals surface area (Å²) in [6.07, 6.45) is 2.93. The summed E-state index contributed by atoms with van der Waals surface area (Å²) in [7, 11) is 0. The lowest BCUT2D eigenvalue weighted by atomic mass is 10.2. The van der Waals surface area contributed by atoms with E-state index in [2.05, 4.69) is 15.3 Å². The number of carbonyl (C=O) groups is 1. The van der Waals surface area contributed by atoms with Crippen LogP contribution in [0.5, 0.6) is 0 Å². The van der Waals surface area contributed by atoms with Crippen LogP contribution in [0.3, 0.4) is 0 Å². The Labute approximate surface area is 112 Å². The van der Waals surface area contributed by atoms with Crippen molar-refractivity contribution in [2.45, 2.75) is 5.88 Å². The first-order valence-electron chi connectivity index (χ1n) is 4.62. The molecule has 2 heterocycles. The summed E-state index contributed by atoms with van der Waals surface area (Å²) in [6.45, 7) is 0. The predicted molar refractivity (Wildman–Crippen MR) is 68.9 cm³/mol. The van der Waals surface area contributed by atoms with Crippen LogP contribution in [0.1, 0.15) is 16.1 Å². The van der Waals surface area contributed by atoms with Crippen molar-refractivity contribution in [3.05, 3.63) is 40.1 Å². The molecule has 0 unspecified atom stereocenters. The van der Waals surface area contributed by atoms with Gasteiger partial charge in [0.15, 0.2) is 5.13 Å². The van der Waals surface area contributed by atoms with Crippen molar-refractivity contribution in [2.24, 2.45) is 0 Å². The van der Waals surface area contributed by atoms with Gasteiger partial charge in [-0.3, -0.25) is 15.1 Å².